The highest BCUT2D eigenvalue weighted by Gasteiger charge is 2.21. The van der Waals surface area contributed by atoms with Gasteiger partial charge in [0.2, 0.25) is 0 Å². The molecule has 0 bridgehead atoms. The number of hydrogen-bond donors (Lipinski definition) is 1. The molecule has 0 aromatic carbocycles. The van der Waals surface area contributed by atoms with Gasteiger partial charge in [0.1, 0.15) is 17.1 Å². The van der Waals surface area contributed by atoms with Crippen molar-refractivity contribution in [2.75, 3.05) is 7.11 Å². The molecule has 0 radical (unpaired) electrons. The predicted octanol–water partition coefficient (Wildman–Crippen LogP) is 3.71. The van der Waals surface area contributed by atoms with E-state index < -0.39 is 0 Å². The summed E-state index contributed by atoms with van der Waals surface area (Å²) >= 11 is 8.78. The van der Waals surface area contributed by atoms with E-state index in [0.717, 1.165) is 10.3 Å². The van der Waals surface area contributed by atoms with Crippen LogP contribution in [0.25, 0.3) is 0 Å². The topological polar surface area (TPSA) is 37.9 Å². The number of ether oxygens (including phenoxy) is 1. The normalized spacial score (nSPS) is 16.9. The Labute approximate surface area is 109 Å². The largest absolute Gasteiger partial charge is 0.377 e. The lowest BCUT2D eigenvalue weighted by molar-refractivity contribution is 0.177. The number of rotatable bonds is 3. The van der Waals surface area contributed by atoms with Gasteiger partial charge in [-0.25, -0.2) is 4.98 Å². The van der Waals surface area contributed by atoms with Crippen molar-refractivity contribution in [1.29, 1.82) is 0 Å². The first kappa shape index (κ1) is 12.2. The number of H-pyrrole nitrogens is 1. The van der Waals surface area contributed by atoms with E-state index in [-0.39, 0.29) is 0 Å². The first-order valence-electron chi connectivity index (χ1n) is 5.50. The lowest BCUT2D eigenvalue weighted by atomic mass is 10.0. The number of nitrogens with zero attached hydrogens (tertiary/aromatic N) is 1. The summed E-state index contributed by atoms with van der Waals surface area (Å²) in [5.74, 6) is 1.41. The summed E-state index contributed by atoms with van der Waals surface area (Å²) in [6, 6.07) is 0. The zero-order valence-electron chi connectivity index (χ0n) is 9.25. The Bertz CT molecular complexity index is 426. The van der Waals surface area contributed by atoms with Crippen LogP contribution < -0.4 is 0 Å². The van der Waals surface area contributed by atoms with Crippen LogP contribution in [0.15, 0.2) is 4.47 Å². The first-order chi connectivity index (χ1) is 7.72. The summed E-state index contributed by atoms with van der Waals surface area (Å²) in [6.45, 7) is 0.483. The number of nitrogens with one attached hydrogen (secondary N) is 1. The maximum Gasteiger partial charge on any atom is 0.144 e. The Kier molecular flexibility index (Phi) is 4.10. The molecule has 1 heterocycles. The van der Waals surface area contributed by atoms with Crippen molar-refractivity contribution in [2.45, 2.75) is 38.2 Å². The standard InChI is InChI=1S/C11H15BrN2OS/c1-15-6-8-13-10(7-4-2-3-5-7)9(12)11(16)14-8/h7H,2-6H2,1H3,(H,13,14,16). The molecule has 0 saturated heterocycles. The van der Waals surface area contributed by atoms with Crippen LogP contribution in [-0.2, 0) is 11.3 Å². The highest BCUT2D eigenvalue weighted by Crippen LogP contribution is 2.36. The van der Waals surface area contributed by atoms with Crippen LogP contribution in [0.1, 0.15) is 43.1 Å². The van der Waals surface area contributed by atoms with E-state index in [4.69, 9.17) is 17.0 Å². The van der Waals surface area contributed by atoms with Crippen molar-refractivity contribution in [1.82, 2.24) is 9.97 Å². The number of aromatic amines is 1. The number of methoxy groups -OCH3 is 1. The summed E-state index contributed by atoms with van der Waals surface area (Å²) in [6.07, 6.45) is 5.08. The monoisotopic (exact) mass is 302 g/mol. The molecule has 1 fully saturated rings. The Balaban J connectivity index is 2.37. The van der Waals surface area contributed by atoms with Crippen LogP contribution in [0.5, 0.6) is 0 Å². The van der Waals surface area contributed by atoms with Gasteiger partial charge in [0, 0.05) is 18.7 Å². The van der Waals surface area contributed by atoms with Gasteiger partial charge < -0.3 is 9.72 Å². The fraction of sp³-hybridized carbons (Fsp3) is 0.636. The molecule has 0 unspecified atom stereocenters. The maximum absolute atomic E-state index is 5.24. The molecule has 1 aromatic rings. The van der Waals surface area contributed by atoms with Crippen molar-refractivity contribution in [3.63, 3.8) is 0 Å². The minimum Gasteiger partial charge on any atom is -0.377 e. The molecule has 16 heavy (non-hydrogen) atoms. The molecule has 0 amide bonds. The van der Waals surface area contributed by atoms with Crippen molar-refractivity contribution in [2.24, 2.45) is 0 Å². The highest BCUT2D eigenvalue weighted by atomic mass is 79.9. The smallest absolute Gasteiger partial charge is 0.144 e. The zero-order valence-corrected chi connectivity index (χ0v) is 11.7. The van der Waals surface area contributed by atoms with E-state index in [0.29, 0.717) is 17.2 Å². The van der Waals surface area contributed by atoms with Crippen molar-refractivity contribution in [3.05, 3.63) is 20.6 Å². The molecule has 1 N–H and O–H groups in total. The van der Waals surface area contributed by atoms with Gasteiger partial charge >= 0.3 is 0 Å². The lowest BCUT2D eigenvalue weighted by Crippen LogP contribution is -2.05. The second kappa shape index (κ2) is 5.38. The average Bonchev–Trinajstić information content (AvgIpc) is 2.76. The van der Waals surface area contributed by atoms with E-state index in [1.807, 2.05) is 0 Å². The summed E-state index contributed by atoms with van der Waals surface area (Å²) < 4.78 is 6.67. The molecule has 0 aliphatic heterocycles. The van der Waals surface area contributed by atoms with E-state index in [1.165, 1.54) is 31.4 Å². The van der Waals surface area contributed by atoms with Crippen LogP contribution in [0.4, 0.5) is 0 Å². The second-order valence-electron chi connectivity index (χ2n) is 4.13. The molecule has 1 aliphatic rings. The Morgan fingerprint density at radius 2 is 2.19 bits per heavy atom. The Morgan fingerprint density at radius 1 is 1.50 bits per heavy atom. The van der Waals surface area contributed by atoms with Crippen LogP contribution >= 0.6 is 28.1 Å². The van der Waals surface area contributed by atoms with Crippen LogP contribution in [-0.4, -0.2) is 17.1 Å². The Hall–Kier alpha value is -0.260. The molecule has 3 nitrogen and oxygen atoms in total. The first-order valence-corrected chi connectivity index (χ1v) is 6.70. The van der Waals surface area contributed by atoms with Crippen molar-refractivity contribution >= 4 is 28.1 Å². The zero-order chi connectivity index (χ0) is 11.5. The number of hydrogen-bond acceptors (Lipinski definition) is 3. The molecule has 0 atom stereocenters. The molecule has 1 aliphatic carbocycles. The summed E-state index contributed by atoms with van der Waals surface area (Å²) in [4.78, 5) is 7.63. The van der Waals surface area contributed by atoms with Gasteiger partial charge in [-0.3, -0.25) is 0 Å². The highest BCUT2D eigenvalue weighted by molar-refractivity contribution is 9.10. The van der Waals surface area contributed by atoms with E-state index in [1.54, 1.807) is 7.11 Å². The molecule has 1 aromatic heterocycles. The predicted molar refractivity (Wildman–Crippen MR) is 69.0 cm³/mol. The van der Waals surface area contributed by atoms with Crippen molar-refractivity contribution < 1.29 is 4.74 Å². The third-order valence-corrected chi connectivity index (χ3v) is 4.34. The maximum atomic E-state index is 5.24. The van der Waals surface area contributed by atoms with Gasteiger partial charge in [0.25, 0.3) is 0 Å². The van der Waals surface area contributed by atoms with Gasteiger partial charge in [-0.2, -0.15) is 0 Å². The summed E-state index contributed by atoms with van der Waals surface area (Å²) in [5.41, 5.74) is 1.20. The summed E-state index contributed by atoms with van der Waals surface area (Å²) in [7, 11) is 1.66. The Morgan fingerprint density at radius 3 is 2.81 bits per heavy atom. The molecule has 0 spiro atoms. The molecule has 1 saturated carbocycles. The van der Waals surface area contributed by atoms with E-state index in [9.17, 15) is 0 Å². The van der Waals surface area contributed by atoms with Crippen LogP contribution in [0, 0.1) is 4.64 Å². The fourth-order valence-corrected chi connectivity index (χ4v) is 2.96. The van der Waals surface area contributed by atoms with Gasteiger partial charge in [0.15, 0.2) is 0 Å². The molecular formula is C11H15BrN2OS. The molecular weight excluding hydrogens is 288 g/mol. The second-order valence-corrected chi connectivity index (χ2v) is 5.31. The minimum absolute atomic E-state index is 0.483. The van der Waals surface area contributed by atoms with E-state index in [2.05, 4.69) is 25.9 Å². The molecule has 5 heteroatoms. The minimum atomic E-state index is 0.483. The SMILES string of the molecule is COCc1nc(=S)c(Br)c(C2CCCC2)[nH]1. The molecule has 2 rings (SSSR count). The number of aromatic nitrogens is 2. The average molecular weight is 303 g/mol. The van der Waals surface area contributed by atoms with E-state index >= 15 is 0 Å². The van der Waals surface area contributed by atoms with Crippen LogP contribution in [0.2, 0.25) is 0 Å². The number of halogens is 1. The van der Waals surface area contributed by atoms with Gasteiger partial charge in [-0.05, 0) is 28.8 Å². The van der Waals surface area contributed by atoms with Gasteiger partial charge in [-0.15, -0.1) is 0 Å². The third-order valence-electron chi connectivity index (χ3n) is 2.98. The third kappa shape index (κ3) is 2.52. The lowest BCUT2D eigenvalue weighted by Gasteiger charge is -2.13. The summed E-state index contributed by atoms with van der Waals surface area (Å²) in [5, 5.41) is 0. The van der Waals surface area contributed by atoms with Gasteiger partial charge in [-0.1, -0.05) is 25.1 Å². The fourth-order valence-electron chi connectivity index (χ4n) is 2.23. The van der Waals surface area contributed by atoms with Crippen LogP contribution in [0.3, 0.4) is 0 Å². The van der Waals surface area contributed by atoms with Crippen molar-refractivity contribution in [3.8, 4) is 0 Å². The molecule has 88 valence electrons. The van der Waals surface area contributed by atoms with Gasteiger partial charge in [0.05, 0.1) is 4.47 Å². The quantitative estimate of drug-likeness (QED) is 0.865.